The van der Waals surface area contributed by atoms with Crippen molar-refractivity contribution < 1.29 is 18.9 Å². The predicted octanol–water partition coefficient (Wildman–Crippen LogP) is 8.39. The summed E-state index contributed by atoms with van der Waals surface area (Å²) in [7, 11) is 0. The highest BCUT2D eigenvalue weighted by atomic mass is 16.5. The predicted molar refractivity (Wildman–Crippen MR) is 225 cm³/mol. The van der Waals surface area contributed by atoms with E-state index in [4.69, 9.17) is 18.9 Å². The van der Waals surface area contributed by atoms with Crippen LogP contribution in [0.2, 0.25) is 0 Å². The van der Waals surface area contributed by atoms with Crippen molar-refractivity contribution in [3.63, 3.8) is 0 Å². The first-order valence-corrected chi connectivity index (χ1v) is 19.0. The lowest BCUT2D eigenvalue weighted by Gasteiger charge is -2.42. The molecule has 260 valence electrons. The van der Waals surface area contributed by atoms with E-state index in [-0.39, 0.29) is 13.4 Å². The molecule has 5 heterocycles. The molecule has 8 aromatic carbocycles. The van der Waals surface area contributed by atoms with Gasteiger partial charge in [0.1, 0.15) is 46.0 Å². The van der Waals surface area contributed by atoms with Crippen LogP contribution < -0.4 is 61.5 Å². The molecule has 0 amide bonds. The van der Waals surface area contributed by atoms with E-state index in [0.29, 0.717) is 0 Å². The first-order valence-electron chi connectivity index (χ1n) is 19.0. The van der Waals surface area contributed by atoms with Crippen LogP contribution in [-0.4, -0.2) is 13.4 Å². The van der Waals surface area contributed by atoms with Crippen molar-refractivity contribution in [3.8, 4) is 46.0 Å². The number of ether oxygens (including phenoxy) is 4. The third-order valence-electron chi connectivity index (χ3n) is 11.8. The monoisotopic (exact) mass is 718 g/mol. The summed E-state index contributed by atoms with van der Waals surface area (Å²) in [6.07, 6.45) is 0. The van der Waals surface area contributed by atoms with Gasteiger partial charge in [0.15, 0.2) is 0 Å². The van der Waals surface area contributed by atoms with Crippen molar-refractivity contribution in [2.45, 2.75) is 0 Å². The fraction of sp³-hybridized carbons (Fsp3) is 0. The molecule has 0 aliphatic carbocycles. The molecule has 5 aliphatic rings. The number of rotatable bonds is 2. The molecular formula is C48H28B2N2O4. The number of hydrogen-bond donors (Lipinski definition) is 0. The Kier molecular flexibility index (Phi) is 5.97. The van der Waals surface area contributed by atoms with Crippen molar-refractivity contribution in [3.05, 3.63) is 170 Å². The molecule has 8 aromatic rings. The Hall–Kier alpha value is -7.31. The molecule has 0 saturated heterocycles. The van der Waals surface area contributed by atoms with Crippen LogP contribution >= 0.6 is 0 Å². The van der Waals surface area contributed by atoms with E-state index in [2.05, 4.69) is 155 Å². The lowest BCUT2D eigenvalue weighted by molar-refractivity contribution is 0.464. The first-order chi connectivity index (χ1) is 27.8. The topological polar surface area (TPSA) is 43.4 Å². The largest absolute Gasteiger partial charge is 0.458 e. The van der Waals surface area contributed by atoms with Crippen LogP contribution in [0, 0.1) is 0 Å². The van der Waals surface area contributed by atoms with E-state index in [1.165, 1.54) is 0 Å². The van der Waals surface area contributed by atoms with Gasteiger partial charge in [-0.1, -0.05) is 97.1 Å². The summed E-state index contributed by atoms with van der Waals surface area (Å²) in [6, 6.07) is 59.1. The van der Waals surface area contributed by atoms with Gasteiger partial charge in [0.25, 0.3) is 13.4 Å². The molecule has 0 atom stereocenters. The molecule has 0 N–H and O–H groups in total. The maximum Gasteiger partial charge on any atom is 0.260 e. The molecule has 13 rings (SSSR count). The highest BCUT2D eigenvalue weighted by Gasteiger charge is 2.43. The van der Waals surface area contributed by atoms with Gasteiger partial charge in [-0.15, -0.1) is 0 Å². The molecule has 0 bridgehead atoms. The number of anilines is 6. The zero-order chi connectivity index (χ0) is 36.5. The highest BCUT2D eigenvalue weighted by molar-refractivity contribution is 6.99. The summed E-state index contributed by atoms with van der Waals surface area (Å²) in [4.78, 5) is 4.64. The van der Waals surface area contributed by atoms with Gasteiger partial charge in [-0.25, -0.2) is 0 Å². The molecule has 8 heteroatoms. The maximum absolute atomic E-state index is 6.73. The number of fused-ring (bicyclic) bond motifs is 10. The SMILES string of the molecule is c1ccc2c(c1)Oc1cc(N3c4ccccc4N(c4cc5c6c(c4)Oc4ccccc4B6c4ccccc4O5)c4ccccc43)cc3c1B2c1ccccc1O3. The molecule has 56 heavy (non-hydrogen) atoms. The Labute approximate surface area is 323 Å². The Balaban J connectivity index is 0.990. The molecule has 0 aromatic heterocycles. The quantitative estimate of drug-likeness (QED) is 0.168. The summed E-state index contributed by atoms with van der Waals surface area (Å²) < 4.78 is 26.9. The van der Waals surface area contributed by atoms with Crippen molar-refractivity contribution in [1.29, 1.82) is 0 Å². The van der Waals surface area contributed by atoms with Gasteiger partial charge in [0.2, 0.25) is 0 Å². The van der Waals surface area contributed by atoms with Crippen LogP contribution in [0.25, 0.3) is 0 Å². The molecule has 0 radical (unpaired) electrons. The minimum Gasteiger partial charge on any atom is -0.458 e. The summed E-state index contributed by atoms with van der Waals surface area (Å²) in [6.45, 7) is 0.0155. The fourth-order valence-corrected chi connectivity index (χ4v) is 9.52. The zero-order valence-corrected chi connectivity index (χ0v) is 29.8. The van der Waals surface area contributed by atoms with Gasteiger partial charge in [-0.05, 0) is 70.4 Å². The van der Waals surface area contributed by atoms with E-state index in [1.807, 2.05) is 24.3 Å². The van der Waals surface area contributed by atoms with Crippen LogP contribution in [0.4, 0.5) is 34.1 Å². The normalized spacial score (nSPS) is 14.1. The Morgan fingerprint density at radius 1 is 0.286 bits per heavy atom. The molecular weight excluding hydrogens is 690 g/mol. The van der Waals surface area contributed by atoms with Crippen molar-refractivity contribution in [2.75, 3.05) is 9.80 Å². The second-order valence-electron chi connectivity index (χ2n) is 14.8. The van der Waals surface area contributed by atoms with Crippen molar-refractivity contribution >= 4 is 80.3 Å². The van der Waals surface area contributed by atoms with Gasteiger partial charge in [-0.2, -0.15) is 0 Å². The van der Waals surface area contributed by atoms with Crippen LogP contribution in [0.15, 0.2) is 170 Å². The lowest BCUT2D eigenvalue weighted by Crippen LogP contribution is -2.57. The summed E-state index contributed by atoms with van der Waals surface area (Å²) >= 11 is 0. The fourth-order valence-electron chi connectivity index (χ4n) is 9.52. The molecule has 0 saturated carbocycles. The van der Waals surface area contributed by atoms with Crippen molar-refractivity contribution in [2.24, 2.45) is 0 Å². The lowest BCUT2D eigenvalue weighted by atomic mass is 9.35. The average Bonchev–Trinajstić information content (AvgIpc) is 3.25. The molecule has 6 nitrogen and oxygen atoms in total. The molecule has 0 spiro atoms. The van der Waals surface area contributed by atoms with E-state index < -0.39 is 0 Å². The van der Waals surface area contributed by atoms with E-state index in [0.717, 1.165) is 113 Å². The molecule has 5 aliphatic heterocycles. The smallest absolute Gasteiger partial charge is 0.260 e. The maximum atomic E-state index is 6.73. The zero-order valence-electron chi connectivity index (χ0n) is 29.8. The summed E-state index contributed by atoms with van der Waals surface area (Å²) in [5.41, 5.74) is 12.6. The highest BCUT2D eigenvalue weighted by Crippen LogP contribution is 2.56. The molecule has 0 fully saturated rings. The number of hydrogen-bond acceptors (Lipinski definition) is 6. The van der Waals surface area contributed by atoms with Crippen LogP contribution in [0.1, 0.15) is 0 Å². The minimum absolute atomic E-state index is 0.00776. The number of para-hydroxylation sites is 8. The van der Waals surface area contributed by atoms with Gasteiger partial charge in [-0.3, -0.25) is 0 Å². The van der Waals surface area contributed by atoms with Crippen LogP contribution in [0.3, 0.4) is 0 Å². The Bertz CT molecular complexity index is 2610. The molecule has 0 unspecified atom stereocenters. The third kappa shape index (κ3) is 4.07. The third-order valence-corrected chi connectivity index (χ3v) is 11.8. The second-order valence-corrected chi connectivity index (χ2v) is 14.8. The van der Waals surface area contributed by atoms with Crippen LogP contribution in [-0.2, 0) is 0 Å². The van der Waals surface area contributed by atoms with Crippen LogP contribution in [0.5, 0.6) is 46.0 Å². The standard InChI is InChI=1S/C48H28B2N2O4/c1-9-21-39-31(13-1)49-32-14-2-10-22-40(32)54-44-26-29(25-43(53-39)47(44)49)51-35-17-5-7-19-37(35)52(38-20-8-6-18-36(38)51)30-27-45-48-46(28-30)56-42-24-12-4-16-34(42)50(48)33-15-3-11-23-41(33)55-45/h1-28H. The first kappa shape index (κ1) is 30.1. The van der Waals surface area contributed by atoms with E-state index >= 15 is 0 Å². The number of nitrogens with zero attached hydrogens (tertiary/aromatic N) is 2. The van der Waals surface area contributed by atoms with Gasteiger partial charge in [0.05, 0.1) is 34.1 Å². The van der Waals surface area contributed by atoms with Gasteiger partial charge in [0, 0.05) is 35.2 Å². The van der Waals surface area contributed by atoms with E-state index in [9.17, 15) is 0 Å². The summed E-state index contributed by atoms with van der Waals surface area (Å²) in [5, 5.41) is 0. The second kappa shape index (κ2) is 11.1. The van der Waals surface area contributed by atoms with Crippen molar-refractivity contribution in [1.82, 2.24) is 0 Å². The minimum atomic E-state index is 0.00776. The number of benzene rings is 8. The average molecular weight is 718 g/mol. The Morgan fingerprint density at radius 2 is 0.536 bits per heavy atom. The van der Waals surface area contributed by atoms with Gasteiger partial charge >= 0.3 is 0 Å². The Morgan fingerprint density at radius 3 is 0.821 bits per heavy atom. The van der Waals surface area contributed by atoms with E-state index in [1.54, 1.807) is 0 Å². The van der Waals surface area contributed by atoms with Gasteiger partial charge < -0.3 is 28.7 Å². The summed E-state index contributed by atoms with van der Waals surface area (Å²) in [5.74, 6) is 6.65.